The van der Waals surface area contributed by atoms with Crippen LogP contribution in [0.25, 0.3) is 0 Å². The molecule has 0 aliphatic carbocycles. The highest BCUT2D eigenvalue weighted by Crippen LogP contribution is 2.51. The van der Waals surface area contributed by atoms with Gasteiger partial charge in [-0.1, -0.05) is 0 Å². The number of ether oxygens (including phenoxy) is 2. The summed E-state index contributed by atoms with van der Waals surface area (Å²) in [6.45, 7) is -1.85. The van der Waals surface area contributed by atoms with Crippen molar-refractivity contribution in [3.63, 3.8) is 0 Å². The molecule has 0 aliphatic heterocycles. The Morgan fingerprint density at radius 2 is 1.30 bits per heavy atom. The summed E-state index contributed by atoms with van der Waals surface area (Å²) in [5, 5.41) is -2.26. The third kappa shape index (κ3) is 4.90. The predicted octanol–water partition coefficient (Wildman–Crippen LogP) is 1.60. The number of hydrogen-bond acceptors (Lipinski definition) is 9. The summed E-state index contributed by atoms with van der Waals surface area (Å²) in [4.78, 5) is 23.3. The Morgan fingerprint density at radius 1 is 0.909 bits per heavy atom. The zero-order valence-corrected chi connectivity index (χ0v) is 17.7. The lowest BCUT2D eigenvalue weighted by Gasteiger charge is -2.36. The normalized spacial score (nSPS) is 13.7. The van der Waals surface area contributed by atoms with Crippen LogP contribution in [0.1, 0.15) is 26.3 Å². The number of benzene rings is 1. The van der Waals surface area contributed by atoms with Gasteiger partial charge in [0.25, 0.3) is 10.0 Å². The maximum absolute atomic E-state index is 13.9. The molecule has 0 bridgehead atoms. The van der Waals surface area contributed by atoms with Gasteiger partial charge in [-0.3, -0.25) is 9.02 Å². The van der Waals surface area contributed by atoms with E-state index in [0.29, 0.717) is 12.1 Å². The van der Waals surface area contributed by atoms with Gasteiger partial charge < -0.3 is 14.7 Å². The quantitative estimate of drug-likeness (QED) is 0.213. The number of methoxy groups -OCH3 is 2. The van der Waals surface area contributed by atoms with Crippen LogP contribution in [0.2, 0.25) is 0 Å². The van der Waals surface area contributed by atoms with Crippen molar-refractivity contribution in [2.45, 2.75) is 23.0 Å². The van der Waals surface area contributed by atoms with Gasteiger partial charge in [0.2, 0.25) is 0 Å². The summed E-state index contributed by atoms with van der Waals surface area (Å²) >= 11 is 0. The summed E-state index contributed by atoms with van der Waals surface area (Å²) in [5.74, 6) is -9.70. The molecular weight excluding hydrogens is 520 g/mol. The van der Waals surface area contributed by atoms with E-state index in [-0.39, 0.29) is 0 Å². The standard InChI is InChI=1S/C14H12F6NO10S2/c1-30-10(22)8-3-7(4-9(5-8)11(23)31-2)6-21(24)32(25,26)13(17,18)12(15,16)14(19,20)33(27,28)29/h3-5H,6H2,1-2H3,(H,27,28,29)/q-1. The molecule has 0 aliphatic rings. The summed E-state index contributed by atoms with van der Waals surface area (Å²) in [7, 11) is -12.9. The number of nitrogens with zero attached hydrogens (tertiary/aromatic N) is 1. The number of hydroxylamine groups is 1. The van der Waals surface area contributed by atoms with Crippen molar-refractivity contribution in [2.24, 2.45) is 0 Å². The first-order valence-electron chi connectivity index (χ1n) is 7.79. The van der Waals surface area contributed by atoms with Gasteiger partial charge in [0.15, 0.2) is 0 Å². The first-order valence-corrected chi connectivity index (χ1v) is 10.7. The van der Waals surface area contributed by atoms with Crippen LogP contribution >= 0.6 is 0 Å². The molecule has 0 saturated carbocycles. The Hall–Kier alpha value is -2.48. The van der Waals surface area contributed by atoms with Gasteiger partial charge in [-0.2, -0.15) is 34.8 Å². The molecule has 0 radical (unpaired) electrons. The molecule has 1 rings (SSSR count). The number of sulfonamides is 1. The smallest absolute Gasteiger partial charge is 0.439 e. The van der Waals surface area contributed by atoms with Gasteiger partial charge in [-0.05, 0) is 23.8 Å². The van der Waals surface area contributed by atoms with Crippen LogP contribution in [0.4, 0.5) is 26.3 Å². The molecule has 1 N–H and O–H groups in total. The highest BCUT2D eigenvalue weighted by molar-refractivity contribution is 7.90. The van der Waals surface area contributed by atoms with Crippen LogP contribution in [0.3, 0.4) is 0 Å². The Bertz CT molecular complexity index is 1120. The van der Waals surface area contributed by atoms with Gasteiger partial charge in [0, 0.05) is 6.54 Å². The average Bonchev–Trinajstić information content (AvgIpc) is 2.70. The fourth-order valence-electron chi connectivity index (χ4n) is 2.11. The van der Waals surface area contributed by atoms with Crippen molar-refractivity contribution in [2.75, 3.05) is 14.2 Å². The van der Waals surface area contributed by atoms with Crippen LogP contribution in [-0.2, 0) is 36.2 Å². The molecule has 1 aromatic rings. The van der Waals surface area contributed by atoms with Crippen molar-refractivity contribution in [1.29, 1.82) is 0 Å². The minimum absolute atomic E-state index is 0.559. The minimum atomic E-state index is -7.32. The van der Waals surface area contributed by atoms with Crippen molar-refractivity contribution >= 4 is 32.1 Å². The largest absolute Gasteiger partial charge is 0.772 e. The van der Waals surface area contributed by atoms with Crippen molar-refractivity contribution in [3.05, 3.63) is 40.1 Å². The van der Waals surface area contributed by atoms with Gasteiger partial charge in [-0.25, -0.2) is 18.0 Å². The summed E-state index contributed by atoms with van der Waals surface area (Å²) in [6.07, 6.45) is 0. The minimum Gasteiger partial charge on any atom is -0.772 e. The molecule has 0 atom stereocenters. The van der Waals surface area contributed by atoms with Crippen LogP contribution in [0, 0.1) is 5.21 Å². The lowest BCUT2D eigenvalue weighted by molar-refractivity contribution is -0.246. The number of rotatable bonds is 9. The van der Waals surface area contributed by atoms with E-state index in [1.807, 2.05) is 0 Å². The molecule has 1 aromatic carbocycles. The number of hydrogen-bond donors (Lipinski definition) is 1. The molecule has 188 valence electrons. The van der Waals surface area contributed by atoms with Gasteiger partial charge >= 0.3 is 38.5 Å². The number of carbonyl (C=O) groups is 2. The molecule has 19 heteroatoms. The first kappa shape index (κ1) is 28.6. The Morgan fingerprint density at radius 3 is 1.64 bits per heavy atom. The first-order chi connectivity index (χ1) is 14.7. The molecule has 0 aromatic heterocycles. The molecule has 0 heterocycles. The van der Waals surface area contributed by atoms with E-state index in [0.717, 1.165) is 20.3 Å². The van der Waals surface area contributed by atoms with Crippen LogP contribution in [-0.4, -0.2) is 68.4 Å². The number of esters is 2. The SMILES string of the molecule is COC(=O)c1cc(CN([O-])S(=O)(=O)C(F)(F)C(F)(F)C(F)(F)S(=O)(=O)O)cc(C(=O)OC)c1. The lowest BCUT2D eigenvalue weighted by Crippen LogP contribution is -2.62. The summed E-state index contributed by atoms with van der Waals surface area (Å²) < 4.78 is 141. The number of halogens is 6. The summed E-state index contributed by atoms with van der Waals surface area (Å²) in [5.41, 5.74) is -1.88. The third-order valence-corrected chi connectivity index (χ3v) is 6.27. The molecule has 33 heavy (non-hydrogen) atoms. The Balaban J connectivity index is 3.52. The van der Waals surface area contributed by atoms with Crippen molar-refractivity contribution < 1.29 is 66.8 Å². The molecule has 0 saturated heterocycles. The Kier molecular flexibility index (Phi) is 7.83. The Labute approximate surface area is 181 Å². The second-order valence-corrected chi connectivity index (χ2v) is 9.28. The monoisotopic (exact) mass is 532 g/mol. The molecule has 11 nitrogen and oxygen atoms in total. The topological polar surface area (TPSA) is 167 Å². The number of alkyl halides is 6. The predicted molar refractivity (Wildman–Crippen MR) is 93.3 cm³/mol. The van der Waals surface area contributed by atoms with Gasteiger partial charge in [-0.15, -0.1) is 0 Å². The lowest BCUT2D eigenvalue weighted by atomic mass is 10.1. The van der Waals surface area contributed by atoms with Crippen LogP contribution < -0.4 is 0 Å². The zero-order valence-electron chi connectivity index (χ0n) is 16.1. The van der Waals surface area contributed by atoms with E-state index in [1.54, 1.807) is 0 Å². The van der Waals surface area contributed by atoms with E-state index >= 15 is 0 Å². The van der Waals surface area contributed by atoms with Crippen molar-refractivity contribution in [3.8, 4) is 0 Å². The molecular formula is C14H12F6NO10S2-. The second kappa shape index (κ2) is 9.05. The van der Waals surface area contributed by atoms with E-state index in [1.165, 1.54) is 0 Å². The number of carbonyl (C=O) groups excluding carboxylic acids is 2. The van der Waals surface area contributed by atoms with E-state index in [4.69, 9.17) is 4.55 Å². The molecule has 0 amide bonds. The maximum Gasteiger partial charge on any atom is 0.439 e. The van der Waals surface area contributed by atoms with E-state index in [9.17, 15) is 58.0 Å². The van der Waals surface area contributed by atoms with Gasteiger partial charge in [0.1, 0.15) is 0 Å². The molecule has 0 unspecified atom stereocenters. The maximum atomic E-state index is 13.9. The fraction of sp³-hybridized carbons (Fsp3) is 0.429. The highest BCUT2D eigenvalue weighted by Gasteiger charge is 2.82. The summed E-state index contributed by atoms with van der Waals surface area (Å²) in [6, 6.07) is 2.03. The van der Waals surface area contributed by atoms with Crippen LogP contribution in [0.5, 0.6) is 0 Å². The zero-order chi connectivity index (χ0) is 26.2. The highest BCUT2D eigenvalue weighted by atomic mass is 32.2. The van der Waals surface area contributed by atoms with E-state index in [2.05, 4.69) is 9.47 Å². The average molecular weight is 532 g/mol. The fourth-order valence-corrected chi connectivity index (χ4v) is 3.65. The van der Waals surface area contributed by atoms with Crippen LogP contribution in [0.15, 0.2) is 18.2 Å². The molecule has 0 spiro atoms. The molecule has 0 fully saturated rings. The second-order valence-electron chi connectivity index (χ2n) is 5.95. The van der Waals surface area contributed by atoms with Crippen molar-refractivity contribution in [1.82, 2.24) is 4.47 Å². The van der Waals surface area contributed by atoms with E-state index < -0.39 is 76.2 Å². The van der Waals surface area contributed by atoms with Gasteiger partial charge in [0.05, 0.1) is 25.3 Å². The third-order valence-electron chi connectivity index (χ3n) is 3.79.